The molecule has 1 aliphatic rings. The lowest BCUT2D eigenvalue weighted by molar-refractivity contribution is 0.101. The minimum Gasteiger partial charge on any atom is -0.507 e. The first-order valence-electron chi connectivity index (χ1n) is 6.80. The van der Waals surface area contributed by atoms with Gasteiger partial charge in [0.05, 0.1) is 21.9 Å². The van der Waals surface area contributed by atoms with Crippen molar-refractivity contribution in [3.8, 4) is 5.75 Å². The van der Waals surface area contributed by atoms with Crippen LogP contribution in [-0.2, 0) is 0 Å². The molecule has 0 aliphatic carbocycles. The number of aliphatic imine (C=N–C) groups is 1. The largest absolute Gasteiger partial charge is 0.507 e. The summed E-state index contributed by atoms with van der Waals surface area (Å²) in [6, 6.07) is 16.5. The number of phenols is 1. The maximum atomic E-state index is 12.3. The number of hydrogen-bond acceptors (Lipinski definition) is 2. The molecule has 0 aromatic heterocycles. The zero-order valence-corrected chi connectivity index (χ0v) is 12.1. The molecule has 0 spiro atoms. The minimum atomic E-state index is -0.417. The summed E-state index contributed by atoms with van der Waals surface area (Å²) < 4.78 is 0. The standard InChI is InChI=1S/C18H10ClNO2/c19-15-11-8-4-5-9-12(11)17(21)14-13(15)18(22)20-16(14)10-6-2-1-3-7-10/h1-9,21H. The average molecular weight is 308 g/mol. The summed E-state index contributed by atoms with van der Waals surface area (Å²) in [5.74, 6) is -0.372. The Kier molecular flexibility index (Phi) is 2.78. The molecular formula is C18H10ClNO2. The highest BCUT2D eigenvalue weighted by molar-refractivity contribution is 6.43. The molecule has 1 amide bonds. The van der Waals surface area contributed by atoms with Crippen LogP contribution in [-0.4, -0.2) is 16.7 Å². The Morgan fingerprint density at radius 1 is 0.864 bits per heavy atom. The lowest BCUT2D eigenvalue weighted by Gasteiger charge is -2.11. The maximum Gasteiger partial charge on any atom is 0.279 e. The normalized spacial score (nSPS) is 13.3. The Hall–Kier alpha value is -2.65. The first-order valence-corrected chi connectivity index (χ1v) is 7.18. The molecule has 106 valence electrons. The minimum absolute atomic E-state index is 0.0449. The van der Waals surface area contributed by atoms with Crippen molar-refractivity contribution < 1.29 is 9.90 Å². The third kappa shape index (κ3) is 1.69. The second-order valence-corrected chi connectivity index (χ2v) is 5.47. The number of carbonyl (C=O) groups is 1. The van der Waals surface area contributed by atoms with E-state index >= 15 is 0 Å². The van der Waals surface area contributed by atoms with E-state index in [0.29, 0.717) is 27.1 Å². The first kappa shape index (κ1) is 13.0. The van der Waals surface area contributed by atoms with E-state index in [0.717, 1.165) is 5.56 Å². The second-order valence-electron chi connectivity index (χ2n) is 5.09. The summed E-state index contributed by atoms with van der Waals surface area (Å²) in [6.07, 6.45) is 0. The number of rotatable bonds is 1. The molecule has 1 heterocycles. The van der Waals surface area contributed by atoms with Gasteiger partial charge in [0.1, 0.15) is 5.75 Å². The van der Waals surface area contributed by atoms with Crippen molar-refractivity contribution in [1.29, 1.82) is 0 Å². The third-order valence-electron chi connectivity index (χ3n) is 3.84. The van der Waals surface area contributed by atoms with Gasteiger partial charge in [0.2, 0.25) is 0 Å². The van der Waals surface area contributed by atoms with Gasteiger partial charge in [-0.05, 0) is 0 Å². The Labute approximate surface area is 131 Å². The number of benzene rings is 3. The van der Waals surface area contributed by atoms with Crippen LogP contribution in [0.25, 0.3) is 10.8 Å². The van der Waals surface area contributed by atoms with E-state index in [-0.39, 0.29) is 11.3 Å². The molecule has 0 radical (unpaired) electrons. The van der Waals surface area contributed by atoms with Crippen LogP contribution in [0.15, 0.2) is 59.6 Å². The van der Waals surface area contributed by atoms with Gasteiger partial charge in [-0.1, -0.05) is 66.2 Å². The molecule has 3 aromatic rings. The predicted octanol–water partition coefficient (Wildman–Crippen LogP) is 4.19. The fourth-order valence-corrected chi connectivity index (χ4v) is 3.17. The summed E-state index contributed by atoms with van der Waals surface area (Å²) >= 11 is 6.40. The molecule has 1 N–H and O–H groups in total. The summed E-state index contributed by atoms with van der Waals surface area (Å²) in [5, 5.41) is 12.3. The Balaban J connectivity index is 2.10. The summed E-state index contributed by atoms with van der Waals surface area (Å²) in [4.78, 5) is 16.4. The molecule has 0 fully saturated rings. The van der Waals surface area contributed by atoms with Gasteiger partial charge in [-0.25, -0.2) is 4.99 Å². The molecule has 4 rings (SSSR count). The zero-order chi connectivity index (χ0) is 15.3. The van der Waals surface area contributed by atoms with Gasteiger partial charge in [-0.2, -0.15) is 0 Å². The van der Waals surface area contributed by atoms with Crippen LogP contribution >= 0.6 is 11.6 Å². The molecule has 0 saturated heterocycles. The van der Waals surface area contributed by atoms with Crippen molar-refractivity contribution in [2.24, 2.45) is 4.99 Å². The molecule has 3 nitrogen and oxygen atoms in total. The molecule has 0 atom stereocenters. The maximum absolute atomic E-state index is 12.3. The highest BCUT2D eigenvalue weighted by Gasteiger charge is 2.32. The fourth-order valence-electron chi connectivity index (χ4n) is 2.83. The lowest BCUT2D eigenvalue weighted by atomic mass is 9.95. The van der Waals surface area contributed by atoms with E-state index in [4.69, 9.17) is 11.6 Å². The summed E-state index contributed by atoms with van der Waals surface area (Å²) in [7, 11) is 0. The van der Waals surface area contributed by atoms with Gasteiger partial charge in [-0.3, -0.25) is 4.79 Å². The molecule has 0 unspecified atom stereocenters. The topological polar surface area (TPSA) is 49.7 Å². The smallest absolute Gasteiger partial charge is 0.279 e. The molecule has 4 heteroatoms. The van der Waals surface area contributed by atoms with Crippen LogP contribution < -0.4 is 0 Å². The molecule has 0 saturated carbocycles. The summed E-state index contributed by atoms with van der Waals surface area (Å²) in [6.45, 7) is 0. The van der Waals surface area contributed by atoms with Gasteiger partial charge >= 0.3 is 0 Å². The number of halogens is 1. The first-order chi connectivity index (χ1) is 10.7. The molecular weight excluding hydrogens is 298 g/mol. The molecule has 22 heavy (non-hydrogen) atoms. The second kappa shape index (κ2) is 4.68. The van der Waals surface area contributed by atoms with Crippen LogP contribution in [0.2, 0.25) is 5.02 Å². The van der Waals surface area contributed by atoms with Crippen molar-refractivity contribution in [2.75, 3.05) is 0 Å². The fraction of sp³-hybridized carbons (Fsp3) is 0. The number of hydrogen-bond donors (Lipinski definition) is 1. The SMILES string of the molecule is O=C1N=C(c2ccccc2)c2c1c(Cl)c1ccccc1c2O. The van der Waals surface area contributed by atoms with E-state index in [1.807, 2.05) is 42.5 Å². The number of carbonyl (C=O) groups excluding carboxylic acids is 1. The molecule has 0 bridgehead atoms. The summed E-state index contributed by atoms with van der Waals surface area (Å²) in [5.41, 5.74) is 1.93. The highest BCUT2D eigenvalue weighted by Crippen LogP contribution is 2.42. The van der Waals surface area contributed by atoms with Crippen LogP contribution in [0.1, 0.15) is 21.5 Å². The van der Waals surface area contributed by atoms with E-state index in [1.165, 1.54) is 0 Å². The third-order valence-corrected chi connectivity index (χ3v) is 4.23. The van der Waals surface area contributed by atoms with Gasteiger partial charge in [-0.15, -0.1) is 0 Å². The van der Waals surface area contributed by atoms with Crippen molar-refractivity contribution in [1.82, 2.24) is 0 Å². The Bertz CT molecular complexity index is 962. The quantitative estimate of drug-likeness (QED) is 0.733. The van der Waals surface area contributed by atoms with Crippen LogP contribution in [0.3, 0.4) is 0 Å². The van der Waals surface area contributed by atoms with Gasteiger partial charge in [0.15, 0.2) is 0 Å². The molecule has 1 aliphatic heterocycles. The van der Waals surface area contributed by atoms with E-state index in [2.05, 4.69) is 4.99 Å². The van der Waals surface area contributed by atoms with Crippen LogP contribution in [0.5, 0.6) is 5.75 Å². The lowest BCUT2D eigenvalue weighted by Crippen LogP contribution is -2.02. The van der Waals surface area contributed by atoms with Gasteiger partial charge in [0.25, 0.3) is 5.91 Å². The van der Waals surface area contributed by atoms with Crippen molar-refractivity contribution in [2.45, 2.75) is 0 Å². The van der Waals surface area contributed by atoms with Crippen molar-refractivity contribution >= 4 is 34.0 Å². The van der Waals surface area contributed by atoms with Crippen LogP contribution in [0.4, 0.5) is 0 Å². The van der Waals surface area contributed by atoms with E-state index < -0.39 is 5.91 Å². The number of amides is 1. The average Bonchev–Trinajstić information content (AvgIpc) is 2.91. The molecule has 3 aromatic carbocycles. The van der Waals surface area contributed by atoms with Crippen molar-refractivity contribution in [3.63, 3.8) is 0 Å². The van der Waals surface area contributed by atoms with E-state index in [1.54, 1.807) is 12.1 Å². The van der Waals surface area contributed by atoms with E-state index in [9.17, 15) is 9.90 Å². The Morgan fingerprint density at radius 3 is 2.23 bits per heavy atom. The monoisotopic (exact) mass is 307 g/mol. The number of nitrogens with zero attached hydrogens (tertiary/aromatic N) is 1. The number of phenolic OH excluding ortho intramolecular Hbond substituents is 1. The predicted molar refractivity (Wildman–Crippen MR) is 87.0 cm³/mol. The van der Waals surface area contributed by atoms with Crippen molar-refractivity contribution in [3.05, 3.63) is 76.3 Å². The zero-order valence-electron chi connectivity index (χ0n) is 11.4. The van der Waals surface area contributed by atoms with Gasteiger partial charge in [0, 0.05) is 16.3 Å². The number of aromatic hydroxyl groups is 1. The Morgan fingerprint density at radius 2 is 1.50 bits per heavy atom. The number of fused-ring (bicyclic) bond motifs is 2. The van der Waals surface area contributed by atoms with Gasteiger partial charge < -0.3 is 5.11 Å². The van der Waals surface area contributed by atoms with Crippen LogP contribution in [0, 0.1) is 0 Å². The highest BCUT2D eigenvalue weighted by atomic mass is 35.5.